The van der Waals surface area contributed by atoms with Crippen molar-refractivity contribution < 1.29 is 4.74 Å². The molecule has 2 heterocycles. The minimum absolute atomic E-state index is 0.00854. The van der Waals surface area contributed by atoms with Crippen molar-refractivity contribution in [3.63, 3.8) is 0 Å². The molecule has 0 radical (unpaired) electrons. The highest BCUT2D eigenvalue weighted by Crippen LogP contribution is 2.25. The molecule has 0 saturated carbocycles. The van der Waals surface area contributed by atoms with E-state index in [-0.39, 0.29) is 4.87 Å². The lowest BCUT2D eigenvalue weighted by Gasteiger charge is -2.11. The van der Waals surface area contributed by atoms with Gasteiger partial charge in [0.25, 0.3) is 0 Å². The molecule has 0 aliphatic rings. The van der Waals surface area contributed by atoms with E-state index in [1.165, 1.54) is 11.3 Å². The van der Waals surface area contributed by atoms with Gasteiger partial charge in [-0.2, -0.15) is 0 Å². The van der Waals surface area contributed by atoms with Crippen LogP contribution in [0.15, 0.2) is 71.1 Å². The maximum absolute atomic E-state index is 12.5. The number of benzene rings is 2. The van der Waals surface area contributed by atoms with Crippen LogP contribution in [0.3, 0.4) is 0 Å². The summed E-state index contributed by atoms with van der Waals surface area (Å²) in [6.45, 7) is 4.12. The molecule has 4 aromatic rings. The fourth-order valence-corrected chi connectivity index (χ4v) is 4.52. The van der Waals surface area contributed by atoms with E-state index in [1.54, 1.807) is 23.4 Å². The second-order valence-corrected chi connectivity index (χ2v) is 7.93. The van der Waals surface area contributed by atoms with Gasteiger partial charge in [0.05, 0.1) is 23.9 Å². The van der Waals surface area contributed by atoms with Crippen LogP contribution in [0.25, 0.3) is 15.9 Å². The molecule has 0 spiro atoms. The third-order valence-corrected chi connectivity index (χ3v) is 6.12. The Balaban J connectivity index is 1.79. The van der Waals surface area contributed by atoms with Crippen molar-refractivity contribution in [1.29, 1.82) is 0 Å². The summed E-state index contributed by atoms with van der Waals surface area (Å²) in [7, 11) is 1.64. The van der Waals surface area contributed by atoms with Gasteiger partial charge in [-0.25, -0.2) is 0 Å². The van der Waals surface area contributed by atoms with E-state index in [2.05, 4.69) is 16.8 Å². The van der Waals surface area contributed by atoms with Crippen LogP contribution in [0.1, 0.15) is 5.82 Å². The van der Waals surface area contributed by atoms with Gasteiger partial charge in [-0.3, -0.25) is 13.9 Å². The van der Waals surface area contributed by atoms with E-state index in [4.69, 9.17) is 4.74 Å². The monoisotopic (exact) mass is 410 g/mol. The highest BCUT2D eigenvalue weighted by molar-refractivity contribution is 7.99. The Labute approximate surface area is 170 Å². The predicted molar refractivity (Wildman–Crippen MR) is 114 cm³/mol. The normalized spacial score (nSPS) is 11.0. The van der Waals surface area contributed by atoms with E-state index < -0.39 is 0 Å². The third kappa shape index (κ3) is 3.48. The number of hydrogen-bond donors (Lipinski definition) is 0. The number of methoxy groups -OCH3 is 1. The van der Waals surface area contributed by atoms with Crippen molar-refractivity contribution in [2.24, 2.45) is 0 Å². The molecule has 0 fully saturated rings. The van der Waals surface area contributed by atoms with Crippen LogP contribution in [-0.4, -0.2) is 32.2 Å². The molecule has 0 aliphatic carbocycles. The lowest BCUT2D eigenvalue weighted by molar-refractivity contribution is 0.414. The first-order valence-electron chi connectivity index (χ1n) is 8.62. The molecule has 6 nitrogen and oxygen atoms in total. The number of thiazole rings is 1. The second-order valence-electron chi connectivity index (χ2n) is 5.95. The zero-order chi connectivity index (χ0) is 19.5. The first-order valence-corrected chi connectivity index (χ1v) is 10.4. The Hall–Kier alpha value is -2.84. The number of fused-ring (bicyclic) bond motifs is 1. The molecule has 0 saturated heterocycles. The molecule has 0 N–H and O–H groups in total. The third-order valence-electron chi connectivity index (χ3n) is 4.23. The minimum Gasteiger partial charge on any atom is -0.497 e. The van der Waals surface area contributed by atoms with Crippen molar-refractivity contribution in [3.05, 3.63) is 76.7 Å². The van der Waals surface area contributed by atoms with Gasteiger partial charge in [-0.15, -0.1) is 16.8 Å². The van der Waals surface area contributed by atoms with Gasteiger partial charge in [0.1, 0.15) is 5.75 Å². The lowest BCUT2D eigenvalue weighted by Crippen LogP contribution is -2.16. The van der Waals surface area contributed by atoms with Crippen LogP contribution in [0, 0.1) is 0 Å². The average Bonchev–Trinajstić information content (AvgIpc) is 3.27. The number of hydrogen-bond acceptors (Lipinski definition) is 6. The number of para-hydroxylation sites is 1. The zero-order valence-corrected chi connectivity index (χ0v) is 16.9. The predicted octanol–water partition coefficient (Wildman–Crippen LogP) is 3.98. The van der Waals surface area contributed by atoms with E-state index in [1.807, 2.05) is 59.2 Å². The summed E-state index contributed by atoms with van der Waals surface area (Å²) in [5, 5.41) is 9.49. The largest absolute Gasteiger partial charge is 0.497 e. The van der Waals surface area contributed by atoms with Gasteiger partial charge in [0.15, 0.2) is 11.0 Å². The summed E-state index contributed by atoms with van der Waals surface area (Å²) in [5.74, 6) is 2.19. The highest BCUT2D eigenvalue weighted by atomic mass is 32.2. The molecule has 28 heavy (non-hydrogen) atoms. The molecule has 2 aromatic heterocycles. The fraction of sp³-hybridized carbons (Fsp3) is 0.150. The number of aromatic nitrogens is 4. The molecular formula is C20H18N4O2S2. The van der Waals surface area contributed by atoms with Crippen LogP contribution < -0.4 is 9.61 Å². The number of ether oxygens (including phenoxy) is 1. The molecule has 8 heteroatoms. The van der Waals surface area contributed by atoms with Crippen molar-refractivity contribution in [2.45, 2.75) is 11.7 Å². The SMILES string of the molecule is C=CCSc1nnc(Cn2c(=O)sc3ccccc32)n1-c1ccc(OC)cc1. The summed E-state index contributed by atoms with van der Waals surface area (Å²) in [6, 6.07) is 15.5. The molecule has 142 valence electrons. The van der Waals surface area contributed by atoms with E-state index >= 15 is 0 Å². The first kappa shape index (κ1) is 18.5. The number of rotatable bonds is 7. The van der Waals surface area contributed by atoms with Gasteiger partial charge < -0.3 is 4.74 Å². The van der Waals surface area contributed by atoms with Crippen molar-refractivity contribution >= 4 is 33.3 Å². The molecular weight excluding hydrogens is 392 g/mol. The quantitative estimate of drug-likeness (QED) is 0.341. The maximum atomic E-state index is 12.5. The van der Waals surface area contributed by atoms with Crippen LogP contribution >= 0.6 is 23.1 Å². The molecule has 0 bridgehead atoms. The summed E-state index contributed by atoms with van der Waals surface area (Å²) in [6.07, 6.45) is 1.83. The standard InChI is InChI=1S/C20H18N4O2S2/c1-3-12-27-19-22-21-18(24(19)14-8-10-15(26-2)11-9-14)13-23-16-6-4-5-7-17(16)28-20(23)25/h3-11H,1,12-13H2,2H3. The van der Waals surface area contributed by atoms with Crippen LogP contribution in [0.4, 0.5) is 0 Å². The Morgan fingerprint density at radius 2 is 1.96 bits per heavy atom. The van der Waals surface area contributed by atoms with Crippen molar-refractivity contribution in [3.8, 4) is 11.4 Å². The summed E-state index contributed by atoms with van der Waals surface area (Å²) in [5.41, 5.74) is 1.82. The van der Waals surface area contributed by atoms with Gasteiger partial charge in [-0.1, -0.05) is 41.3 Å². The van der Waals surface area contributed by atoms with E-state index in [0.717, 1.165) is 32.6 Å². The van der Waals surface area contributed by atoms with E-state index in [0.29, 0.717) is 12.4 Å². The molecule has 0 atom stereocenters. The Morgan fingerprint density at radius 1 is 1.18 bits per heavy atom. The van der Waals surface area contributed by atoms with Gasteiger partial charge in [0, 0.05) is 11.4 Å². The molecule has 4 rings (SSSR count). The van der Waals surface area contributed by atoms with Crippen molar-refractivity contribution in [1.82, 2.24) is 19.3 Å². The molecule has 2 aromatic carbocycles. The smallest absolute Gasteiger partial charge is 0.308 e. The van der Waals surface area contributed by atoms with Crippen LogP contribution in [0.5, 0.6) is 5.75 Å². The van der Waals surface area contributed by atoms with Gasteiger partial charge in [0.2, 0.25) is 0 Å². The molecule has 0 aliphatic heterocycles. The minimum atomic E-state index is -0.00854. The van der Waals surface area contributed by atoms with Crippen LogP contribution in [0.2, 0.25) is 0 Å². The second kappa shape index (κ2) is 8.04. The molecule has 0 amide bonds. The fourth-order valence-electron chi connectivity index (χ4n) is 2.93. The van der Waals surface area contributed by atoms with Crippen LogP contribution in [-0.2, 0) is 6.54 Å². The highest BCUT2D eigenvalue weighted by Gasteiger charge is 2.17. The summed E-state index contributed by atoms with van der Waals surface area (Å²) < 4.78 is 9.94. The number of nitrogens with zero attached hydrogens (tertiary/aromatic N) is 4. The first-order chi connectivity index (χ1) is 13.7. The average molecular weight is 411 g/mol. The van der Waals surface area contributed by atoms with Gasteiger partial charge >= 0.3 is 4.87 Å². The topological polar surface area (TPSA) is 61.9 Å². The maximum Gasteiger partial charge on any atom is 0.308 e. The Morgan fingerprint density at radius 3 is 2.71 bits per heavy atom. The van der Waals surface area contributed by atoms with Crippen molar-refractivity contribution in [2.75, 3.05) is 12.9 Å². The van der Waals surface area contributed by atoms with Gasteiger partial charge in [-0.05, 0) is 36.4 Å². The van der Waals surface area contributed by atoms with E-state index in [9.17, 15) is 4.79 Å². The summed E-state index contributed by atoms with van der Waals surface area (Å²) >= 11 is 2.79. The Bertz CT molecular complexity index is 1180. The Kier molecular flexibility index (Phi) is 5.31. The molecule has 0 unspecified atom stereocenters. The lowest BCUT2D eigenvalue weighted by atomic mass is 10.3. The number of thioether (sulfide) groups is 1. The summed E-state index contributed by atoms with van der Waals surface area (Å²) in [4.78, 5) is 12.5. The zero-order valence-electron chi connectivity index (χ0n) is 15.2.